The van der Waals surface area contributed by atoms with E-state index in [1.54, 1.807) is 25.3 Å². The molecular weight excluding hydrogens is 228 g/mol. The second-order valence-electron chi connectivity index (χ2n) is 4.16. The molecule has 0 atom stereocenters. The summed E-state index contributed by atoms with van der Waals surface area (Å²) in [6.07, 6.45) is 1.57. The first-order valence-electron chi connectivity index (χ1n) is 5.83. The zero-order valence-electron chi connectivity index (χ0n) is 10.3. The molecule has 94 valence electrons. The fourth-order valence-corrected chi connectivity index (χ4v) is 1.82. The minimum absolute atomic E-state index is 0.258. The van der Waals surface area contributed by atoms with Crippen molar-refractivity contribution in [1.29, 1.82) is 0 Å². The monoisotopic (exact) mass is 244 g/mol. The van der Waals surface area contributed by atoms with Gasteiger partial charge in [0.25, 0.3) is 0 Å². The first-order valence-corrected chi connectivity index (χ1v) is 5.83. The minimum atomic E-state index is 0.258. The molecule has 0 fully saturated rings. The standard InChI is InChI=1S/C15H16O3/c1-18-14-9-6-12(15(17)10-14)5-2-11-3-7-13(16)8-4-11/h3-4,6-10,16-17H,2,5H2,1H3. The van der Waals surface area contributed by atoms with Gasteiger partial charge in [0.15, 0.2) is 0 Å². The van der Waals surface area contributed by atoms with Gasteiger partial charge >= 0.3 is 0 Å². The lowest BCUT2D eigenvalue weighted by Gasteiger charge is -2.07. The Bertz CT molecular complexity index is 518. The van der Waals surface area contributed by atoms with Crippen LogP contribution in [0.5, 0.6) is 17.2 Å². The van der Waals surface area contributed by atoms with Gasteiger partial charge < -0.3 is 14.9 Å². The highest BCUT2D eigenvalue weighted by Gasteiger charge is 2.03. The van der Waals surface area contributed by atoms with E-state index >= 15 is 0 Å². The van der Waals surface area contributed by atoms with E-state index in [1.807, 2.05) is 24.3 Å². The molecule has 2 aromatic rings. The molecule has 0 aliphatic heterocycles. The molecular formula is C15H16O3. The Kier molecular flexibility index (Phi) is 3.72. The summed E-state index contributed by atoms with van der Waals surface area (Å²) in [5, 5.41) is 19.0. The number of aromatic hydroxyl groups is 2. The number of ether oxygens (including phenoxy) is 1. The molecule has 2 aromatic carbocycles. The number of phenolic OH excluding ortho intramolecular Hbond substituents is 2. The van der Waals surface area contributed by atoms with E-state index in [0.29, 0.717) is 5.75 Å². The summed E-state index contributed by atoms with van der Waals surface area (Å²) in [6.45, 7) is 0. The molecule has 0 amide bonds. The summed E-state index contributed by atoms with van der Waals surface area (Å²) in [4.78, 5) is 0. The highest BCUT2D eigenvalue weighted by atomic mass is 16.5. The third kappa shape index (κ3) is 2.94. The average Bonchev–Trinajstić information content (AvgIpc) is 2.39. The van der Waals surface area contributed by atoms with Gasteiger partial charge in [-0.05, 0) is 42.2 Å². The van der Waals surface area contributed by atoms with E-state index in [4.69, 9.17) is 4.74 Å². The molecule has 18 heavy (non-hydrogen) atoms. The Balaban J connectivity index is 2.04. The van der Waals surface area contributed by atoms with Crippen molar-refractivity contribution in [3.8, 4) is 17.2 Å². The highest BCUT2D eigenvalue weighted by Crippen LogP contribution is 2.24. The molecule has 0 bridgehead atoms. The van der Waals surface area contributed by atoms with Crippen molar-refractivity contribution in [2.75, 3.05) is 7.11 Å². The number of hydrogen-bond donors (Lipinski definition) is 2. The van der Waals surface area contributed by atoms with Crippen molar-refractivity contribution in [2.24, 2.45) is 0 Å². The zero-order valence-corrected chi connectivity index (χ0v) is 10.3. The van der Waals surface area contributed by atoms with E-state index in [1.165, 1.54) is 0 Å². The molecule has 0 aliphatic carbocycles. The van der Waals surface area contributed by atoms with Gasteiger partial charge in [0, 0.05) is 6.07 Å². The van der Waals surface area contributed by atoms with Gasteiger partial charge in [0.2, 0.25) is 0 Å². The predicted molar refractivity (Wildman–Crippen MR) is 70.2 cm³/mol. The lowest BCUT2D eigenvalue weighted by Crippen LogP contribution is -1.92. The van der Waals surface area contributed by atoms with E-state index in [-0.39, 0.29) is 11.5 Å². The van der Waals surface area contributed by atoms with Gasteiger partial charge in [-0.3, -0.25) is 0 Å². The third-order valence-electron chi connectivity index (χ3n) is 2.91. The maximum absolute atomic E-state index is 9.82. The second-order valence-corrected chi connectivity index (χ2v) is 4.16. The maximum atomic E-state index is 9.82. The summed E-state index contributed by atoms with van der Waals surface area (Å²) in [5.41, 5.74) is 2.02. The Morgan fingerprint density at radius 1 is 0.944 bits per heavy atom. The van der Waals surface area contributed by atoms with Crippen LogP contribution in [0.25, 0.3) is 0 Å². The van der Waals surface area contributed by atoms with Crippen molar-refractivity contribution in [2.45, 2.75) is 12.8 Å². The van der Waals surface area contributed by atoms with Crippen LogP contribution in [0.3, 0.4) is 0 Å². The number of aryl methyl sites for hydroxylation is 2. The Hall–Kier alpha value is -2.16. The third-order valence-corrected chi connectivity index (χ3v) is 2.91. The normalized spacial score (nSPS) is 10.3. The van der Waals surface area contributed by atoms with E-state index in [0.717, 1.165) is 24.0 Å². The SMILES string of the molecule is COc1ccc(CCc2ccc(O)cc2)c(O)c1. The number of rotatable bonds is 4. The first-order chi connectivity index (χ1) is 8.69. The fourth-order valence-electron chi connectivity index (χ4n) is 1.82. The van der Waals surface area contributed by atoms with Crippen molar-refractivity contribution < 1.29 is 14.9 Å². The van der Waals surface area contributed by atoms with Crippen molar-refractivity contribution >= 4 is 0 Å². The van der Waals surface area contributed by atoms with Crippen molar-refractivity contribution in [1.82, 2.24) is 0 Å². The van der Waals surface area contributed by atoms with E-state index in [2.05, 4.69) is 0 Å². The molecule has 0 spiro atoms. The molecule has 0 saturated heterocycles. The molecule has 0 radical (unpaired) electrons. The summed E-state index contributed by atoms with van der Waals surface area (Å²) in [6, 6.07) is 12.4. The van der Waals surface area contributed by atoms with Gasteiger partial charge in [-0.15, -0.1) is 0 Å². The van der Waals surface area contributed by atoms with Gasteiger partial charge in [0.05, 0.1) is 7.11 Å². The molecule has 2 N–H and O–H groups in total. The van der Waals surface area contributed by atoms with Crippen molar-refractivity contribution in [3.05, 3.63) is 53.6 Å². The lowest BCUT2D eigenvalue weighted by atomic mass is 10.0. The van der Waals surface area contributed by atoms with Gasteiger partial charge in [-0.1, -0.05) is 18.2 Å². The Labute approximate surface area is 106 Å². The zero-order chi connectivity index (χ0) is 13.0. The summed E-state index contributed by atoms with van der Waals surface area (Å²) in [7, 11) is 1.57. The lowest BCUT2D eigenvalue weighted by molar-refractivity contribution is 0.406. The predicted octanol–water partition coefficient (Wildman–Crippen LogP) is 2.89. The fraction of sp³-hybridized carbons (Fsp3) is 0.200. The van der Waals surface area contributed by atoms with Gasteiger partial charge in [-0.2, -0.15) is 0 Å². The Morgan fingerprint density at radius 2 is 1.67 bits per heavy atom. The Morgan fingerprint density at radius 3 is 2.28 bits per heavy atom. The summed E-state index contributed by atoms with van der Waals surface area (Å²) < 4.78 is 5.04. The molecule has 3 heteroatoms. The number of phenols is 2. The molecule has 0 unspecified atom stereocenters. The summed E-state index contributed by atoms with van der Waals surface area (Å²) >= 11 is 0. The topological polar surface area (TPSA) is 49.7 Å². The van der Waals surface area contributed by atoms with Crippen LogP contribution in [0.15, 0.2) is 42.5 Å². The average molecular weight is 244 g/mol. The largest absolute Gasteiger partial charge is 0.508 e. The van der Waals surface area contributed by atoms with Crippen LogP contribution in [0.1, 0.15) is 11.1 Å². The molecule has 3 nitrogen and oxygen atoms in total. The van der Waals surface area contributed by atoms with Crippen LogP contribution in [-0.2, 0) is 12.8 Å². The van der Waals surface area contributed by atoms with Crippen LogP contribution in [0.4, 0.5) is 0 Å². The number of hydrogen-bond acceptors (Lipinski definition) is 3. The minimum Gasteiger partial charge on any atom is -0.508 e. The van der Waals surface area contributed by atoms with Gasteiger partial charge in [0.1, 0.15) is 17.2 Å². The maximum Gasteiger partial charge on any atom is 0.122 e. The number of benzene rings is 2. The quantitative estimate of drug-likeness (QED) is 0.869. The van der Waals surface area contributed by atoms with Crippen molar-refractivity contribution in [3.63, 3.8) is 0 Å². The van der Waals surface area contributed by atoms with Crippen LogP contribution >= 0.6 is 0 Å². The molecule has 0 heterocycles. The van der Waals surface area contributed by atoms with Crippen LogP contribution in [0.2, 0.25) is 0 Å². The van der Waals surface area contributed by atoms with Gasteiger partial charge in [-0.25, -0.2) is 0 Å². The molecule has 0 saturated carbocycles. The molecule has 2 rings (SSSR count). The number of methoxy groups -OCH3 is 1. The van der Waals surface area contributed by atoms with Crippen LogP contribution < -0.4 is 4.74 Å². The van der Waals surface area contributed by atoms with Crippen LogP contribution in [0, 0.1) is 0 Å². The highest BCUT2D eigenvalue weighted by molar-refractivity contribution is 5.40. The van der Waals surface area contributed by atoms with Crippen LogP contribution in [-0.4, -0.2) is 17.3 Å². The smallest absolute Gasteiger partial charge is 0.122 e. The first kappa shape index (κ1) is 12.3. The van der Waals surface area contributed by atoms with E-state index in [9.17, 15) is 10.2 Å². The van der Waals surface area contributed by atoms with E-state index < -0.39 is 0 Å². The molecule has 0 aromatic heterocycles. The second kappa shape index (κ2) is 5.45. The summed E-state index contributed by atoms with van der Waals surface area (Å²) in [5.74, 6) is 1.18. The molecule has 0 aliphatic rings.